The molecule has 1 aromatic carbocycles. The Morgan fingerprint density at radius 3 is 2.78 bits per heavy atom. The fraction of sp³-hybridized carbons (Fsp3) is 0.417. The van der Waals surface area contributed by atoms with E-state index >= 15 is 0 Å². The maximum Gasteiger partial charge on any atom is 0.191 e. The number of hydrogen-bond donors (Lipinski definition) is 3. The molecule has 0 atom stereocenters. The molecule has 0 amide bonds. The van der Waals surface area contributed by atoms with Crippen LogP contribution in [0.25, 0.3) is 0 Å². The number of benzene rings is 1. The van der Waals surface area contributed by atoms with Crippen molar-refractivity contribution in [2.24, 2.45) is 4.99 Å². The maximum atomic E-state index is 8.74. The van der Waals surface area contributed by atoms with Crippen LogP contribution in [-0.4, -0.2) is 30.8 Å². The van der Waals surface area contributed by atoms with Gasteiger partial charge in [-0.15, -0.1) is 24.0 Å². The van der Waals surface area contributed by atoms with Gasteiger partial charge in [0, 0.05) is 18.1 Å². The van der Waals surface area contributed by atoms with Gasteiger partial charge < -0.3 is 15.7 Å². The second-order valence-corrected chi connectivity index (χ2v) is 3.91. The summed E-state index contributed by atoms with van der Waals surface area (Å²) in [5.74, 6) is 0.696. The number of aliphatic hydroxyl groups is 1. The molecule has 18 heavy (non-hydrogen) atoms. The average Bonchev–Trinajstić information content (AvgIpc) is 2.33. The lowest BCUT2D eigenvalue weighted by Crippen LogP contribution is -2.38. The zero-order valence-corrected chi connectivity index (χ0v) is 13.4. The van der Waals surface area contributed by atoms with Gasteiger partial charge in [-0.25, -0.2) is 4.99 Å². The van der Waals surface area contributed by atoms with Gasteiger partial charge in [0.2, 0.25) is 0 Å². The third kappa shape index (κ3) is 7.03. The van der Waals surface area contributed by atoms with E-state index in [0.717, 1.165) is 12.1 Å². The fourth-order valence-electron chi connectivity index (χ4n) is 1.32. The Hall–Kier alpha value is -0.530. The molecule has 0 fully saturated rings. The number of aliphatic imine (C=N–C) groups is 1. The molecule has 0 aliphatic rings. The fourth-order valence-corrected chi connectivity index (χ4v) is 1.53. The summed E-state index contributed by atoms with van der Waals surface area (Å²) in [6.07, 6.45) is 0. The van der Waals surface area contributed by atoms with Crippen LogP contribution in [0.4, 0.5) is 0 Å². The Labute approximate surface area is 130 Å². The minimum Gasteiger partial charge on any atom is -0.395 e. The Kier molecular flexibility index (Phi) is 10.1. The van der Waals surface area contributed by atoms with Gasteiger partial charge in [0.05, 0.1) is 13.2 Å². The molecule has 4 nitrogen and oxygen atoms in total. The molecule has 1 aromatic rings. The zero-order valence-electron chi connectivity index (χ0n) is 10.3. The van der Waals surface area contributed by atoms with Crippen molar-refractivity contribution in [3.63, 3.8) is 0 Å². The molecule has 0 saturated heterocycles. The van der Waals surface area contributed by atoms with Crippen LogP contribution in [0.5, 0.6) is 0 Å². The second kappa shape index (κ2) is 10.4. The summed E-state index contributed by atoms with van der Waals surface area (Å²) in [6.45, 7) is 3.91. The van der Waals surface area contributed by atoms with Gasteiger partial charge in [-0.3, -0.25) is 0 Å². The molecular weight excluding hydrogens is 365 g/mol. The van der Waals surface area contributed by atoms with E-state index in [-0.39, 0.29) is 30.6 Å². The van der Waals surface area contributed by atoms with E-state index in [9.17, 15) is 0 Å². The van der Waals surface area contributed by atoms with Crippen molar-refractivity contribution in [1.29, 1.82) is 0 Å². The monoisotopic (exact) mass is 383 g/mol. The summed E-state index contributed by atoms with van der Waals surface area (Å²) in [6, 6.07) is 7.61. The van der Waals surface area contributed by atoms with Crippen LogP contribution in [0.1, 0.15) is 12.5 Å². The predicted octanol–water partition coefficient (Wildman–Crippen LogP) is 2.01. The standard InChI is InChI=1S/C12H18ClN3O.HI/c1-2-14-12(15-6-7-17)16-9-10-4-3-5-11(13)8-10;/h3-5,8,17H,2,6-7,9H2,1H3,(H2,14,15,16);1H. The minimum absolute atomic E-state index is 0. The van der Waals surface area contributed by atoms with Crippen molar-refractivity contribution in [3.8, 4) is 0 Å². The van der Waals surface area contributed by atoms with Gasteiger partial charge in [0.25, 0.3) is 0 Å². The predicted molar refractivity (Wildman–Crippen MR) is 86.8 cm³/mol. The summed E-state index contributed by atoms with van der Waals surface area (Å²) in [4.78, 5) is 4.39. The smallest absolute Gasteiger partial charge is 0.191 e. The molecule has 102 valence electrons. The molecule has 0 heterocycles. The first kappa shape index (κ1) is 17.5. The van der Waals surface area contributed by atoms with Crippen LogP contribution in [0.3, 0.4) is 0 Å². The van der Waals surface area contributed by atoms with Gasteiger partial charge in [-0.05, 0) is 24.6 Å². The first-order valence-corrected chi connectivity index (χ1v) is 6.01. The van der Waals surface area contributed by atoms with Crippen LogP contribution in [-0.2, 0) is 6.54 Å². The Morgan fingerprint density at radius 1 is 1.39 bits per heavy atom. The molecule has 1 rings (SSSR count). The highest BCUT2D eigenvalue weighted by Crippen LogP contribution is 2.11. The van der Waals surface area contributed by atoms with Gasteiger partial charge in [0.15, 0.2) is 5.96 Å². The average molecular weight is 384 g/mol. The number of hydrogen-bond acceptors (Lipinski definition) is 2. The van der Waals surface area contributed by atoms with Crippen LogP contribution < -0.4 is 10.6 Å². The van der Waals surface area contributed by atoms with E-state index in [1.165, 1.54) is 0 Å². The Bertz CT molecular complexity index is 374. The van der Waals surface area contributed by atoms with E-state index in [0.29, 0.717) is 24.1 Å². The van der Waals surface area contributed by atoms with Gasteiger partial charge in [-0.1, -0.05) is 23.7 Å². The molecule has 3 N–H and O–H groups in total. The number of halogens is 2. The van der Waals surface area contributed by atoms with Crippen molar-refractivity contribution in [3.05, 3.63) is 34.9 Å². The highest BCUT2D eigenvalue weighted by atomic mass is 127. The van der Waals surface area contributed by atoms with Crippen LogP contribution in [0.15, 0.2) is 29.3 Å². The van der Waals surface area contributed by atoms with Crippen molar-refractivity contribution in [1.82, 2.24) is 10.6 Å². The van der Waals surface area contributed by atoms with Crippen LogP contribution in [0.2, 0.25) is 5.02 Å². The first-order chi connectivity index (χ1) is 8.26. The lowest BCUT2D eigenvalue weighted by molar-refractivity contribution is 0.300. The van der Waals surface area contributed by atoms with Crippen molar-refractivity contribution in [2.75, 3.05) is 19.7 Å². The minimum atomic E-state index is 0. The van der Waals surface area contributed by atoms with E-state index in [1.807, 2.05) is 31.2 Å². The number of rotatable bonds is 5. The summed E-state index contributed by atoms with van der Waals surface area (Å²) in [5, 5.41) is 15.6. The second-order valence-electron chi connectivity index (χ2n) is 3.48. The molecule has 0 radical (unpaired) electrons. The largest absolute Gasteiger partial charge is 0.395 e. The zero-order chi connectivity index (χ0) is 12.5. The lowest BCUT2D eigenvalue weighted by Gasteiger charge is -2.09. The highest BCUT2D eigenvalue weighted by molar-refractivity contribution is 14.0. The molecule has 0 bridgehead atoms. The van der Waals surface area contributed by atoms with Crippen molar-refractivity contribution in [2.45, 2.75) is 13.5 Å². The Balaban J connectivity index is 0.00000289. The quantitative estimate of drug-likeness (QED) is 0.414. The maximum absolute atomic E-state index is 8.74. The number of nitrogens with one attached hydrogen (secondary N) is 2. The molecule has 0 aromatic heterocycles. The molecule has 0 saturated carbocycles. The molecule has 6 heteroatoms. The lowest BCUT2D eigenvalue weighted by atomic mass is 10.2. The van der Waals surface area contributed by atoms with Gasteiger partial charge in [-0.2, -0.15) is 0 Å². The van der Waals surface area contributed by atoms with Gasteiger partial charge >= 0.3 is 0 Å². The van der Waals surface area contributed by atoms with Crippen LogP contribution in [0, 0.1) is 0 Å². The third-order valence-electron chi connectivity index (χ3n) is 2.06. The molecule has 0 aliphatic heterocycles. The molecule has 0 unspecified atom stereocenters. The number of guanidine groups is 1. The summed E-state index contributed by atoms with van der Waals surface area (Å²) < 4.78 is 0. The van der Waals surface area contributed by atoms with E-state index in [4.69, 9.17) is 16.7 Å². The van der Waals surface area contributed by atoms with Gasteiger partial charge in [0.1, 0.15) is 0 Å². The first-order valence-electron chi connectivity index (χ1n) is 5.63. The number of nitrogens with zero attached hydrogens (tertiary/aromatic N) is 1. The highest BCUT2D eigenvalue weighted by Gasteiger charge is 1.97. The third-order valence-corrected chi connectivity index (χ3v) is 2.29. The Morgan fingerprint density at radius 2 is 2.17 bits per heavy atom. The van der Waals surface area contributed by atoms with E-state index in [2.05, 4.69) is 15.6 Å². The molecular formula is C12H19ClIN3O. The van der Waals surface area contributed by atoms with Crippen LogP contribution >= 0.6 is 35.6 Å². The summed E-state index contributed by atoms with van der Waals surface area (Å²) >= 11 is 5.89. The van der Waals surface area contributed by atoms with Crippen molar-refractivity contribution < 1.29 is 5.11 Å². The summed E-state index contributed by atoms with van der Waals surface area (Å²) in [7, 11) is 0. The molecule has 0 aliphatic carbocycles. The van der Waals surface area contributed by atoms with E-state index in [1.54, 1.807) is 0 Å². The summed E-state index contributed by atoms with van der Waals surface area (Å²) in [5.41, 5.74) is 1.05. The SMILES string of the molecule is CCNC(=NCc1cccc(Cl)c1)NCCO.I. The normalized spacial score (nSPS) is 10.7. The van der Waals surface area contributed by atoms with Crippen molar-refractivity contribution >= 4 is 41.5 Å². The number of aliphatic hydroxyl groups excluding tert-OH is 1. The molecule has 0 spiro atoms. The van der Waals surface area contributed by atoms with E-state index < -0.39 is 0 Å². The topological polar surface area (TPSA) is 56.7 Å².